The Kier molecular flexibility index (Phi) is 15.6. The predicted molar refractivity (Wildman–Crippen MR) is 284 cm³/mol. The maximum absolute atomic E-state index is 15.1. The number of aromatic nitrogens is 3. The van der Waals surface area contributed by atoms with E-state index in [1.807, 2.05) is 47.6 Å². The first-order valence-electron chi connectivity index (χ1n) is 26.0. The summed E-state index contributed by atoms with van der Waals surface area (Å²) >= 11 is 5.79. The molecule has 22 heteroatoms. The average Bonchev–Trinajstić information content (AvgIpc) is 3.76. The number of halogens is 3. The molecule has 5 aliphatic rings. The zero-order chi connectivity index (χ0) is 54.6. The molecule has 5 atom stereocenters. The molecule has 1 spiro atoms. The summed E-state index contributed by atoms with van der Waals surface area (Å²) in [7, 11) is 4.64. The number of benzene rings is 1. The molecule has 4 amide bonds. The third-order valence-electron chi connectivity index (χ3n) is 15.5. The quantitative estimate of drug-likeness (QED) is 0.0815. The number of nitrogens with zero attached hydrogens (tertiary/aromatic N) is 8. The van der Waals surface area contributed by atoms with Crippen LogP contribution in [0.1, 0.15) is 90.3 Å². The van der Waals surface area contributed by atoms with Crippen molar-refractivity contribution < 1.29 is 51.1 Å². The first kappa shape index (κ1) is 55.3. The van der Waals surface area contributed by atoms with Crippen LogP contribution in [0.25, 0.3) is 32.7 Å². The summed E-state index contributed by atoms with van der Waals surface area (Å²) in [5.41, 5.74) is 3.43. The van der Waals surface area contributed by atoms with E-state index in [0.717, 1.165) is 19.5 Å². The summed E-state index contributed by atoms with van der Waals surface area (Å²) in [6.07, 6.45) is -1.27. The molecule has 3 fully saturated rings. The summed E-state index contributed by atoms with van der Waals surface area (Å²) in [5, 5.41) is 4.25. The predicted octanol–water partition coefficient (Wildman–Crippen LogP) is 6.13. The molecule has 5 aliphatic heterocycles. The first-order chi connectivity index (χ1) is 36.0. The number of methoxy groups -OCH3 is 1. The Morgan fingerprint density at radius 2 is 1.86 bits per heavy atom. The Morgan fingerprint density at radius 1 is 1.09 bits per heavy atom. The number of pyridine rings is 1. The molecule has 9 rings (SSSR count). The number of thiol groups is 1. The summed E-state index contributed by atoms with van der Waals surface area (Å²) < 4.78 is 58.8. The number of likely N-dealkylation sites (tertiary alicyclic amines) is 2. The van der Waals surface area contributed by atoms with Crippen LogP contribution in [0.2, 0.25) is 0 Å². The second-order valence-electron chi connectivity index (χ2n) is 22.4. The van der Waals surface area contributed by atoms with Crippen LogP contribution in [0.5, 0.6) is 0 Å². The number of carbonyl (C=O) groups excluding carboxylic acids is 5. The molecule has 4 aromatic rings. The van der Waals surface area contributed by atoms with Gasteiger partial charge in [-0.05, 0) is 26.3 Å². The van der Waals surface area contributed by atoms with Crippen molar-refractivity contribution in [2.75, 3.05) is 59.2 Å². The molecule has 3 aromatic heterocycles. The summed E-state index contributed by atoms with van der Waals surface area (Å²) in [6, 6.07) is 6.71. The van der Waals surface area contributed by atoms with Gasteiger partial charge in [0.1, 0.15) is 6.10 Å². The van der Waals surface area contributed by atoms with Crippen LogP contribution in [0.15, 0.2) is 41.9 Å². The van der Waals surface area contributed by atoms with Gasteiger partial charge >= 0.3 is 348 Å². The van der Waals surface area contributed by atoms with E-state index in [2.05, 4.69) is 39.8 Å². The number of thiazole rings is 1. The zero-order valence-corrected chi connectivity index (χ0v) is 46.0. The molecule has 1 aromatic carbocycles. The van der Waals surface area contributed by atoms with Crippen molar-refractivity contribution in [2.45, 2.75) is 122 Å². The molecule has 16 nitrogen and oxygen atoms in total. The number of carbonyl (C=O) groups is 5. The van der Waals surface area contributed by atoms with Gasteiger partial charge < -0.3 is 4.74 Å². The Balaban J connectivity index is 1.06. The minimum absolute atomic E-state index is 0.0531. The van der Waals surface area contributed by atoms with E-state index in [9.17, 15) is 27.6 Å². The molecule has 8 heterocycles. The topological polar surface area (TPSA) is 163 Å². The molecular formula is C54H66BF3N9O7S2+. The van der Waals surface area contributed by atoms with Gasteiger partial charge in [0.15, 0.2) is 0 Å². The van der Waals surface area contributed by atoms with E-state index < -0.39 is 76.9 Å². The Hall–Kier alpha value is -5.47. The van der Waals surface area contributed by atoms with Gasteiger partial charge in [0.25, 0.3) is 0 Å². The number of ether oxygens (including phenoxy) is 2. The minimum atomic E-state index is -4.62. The molecule has 0 unspecified atom stereocenters. The van der Waals surface area contributed by atoms with Gasteiger partial charge in [0.2, 0.25) is 0 Å². The monoisotopic (exact) mass is 1080 g/mol. The van der Waals surface area contributed by atoms with Gasteiger partial charge in [0, 0.05) is 32.1 Å². The van der Waals surface area contributed by atoms with Gasteiger partial charge in [0.05, 0.1) is 0 Å². The molecule has 1 N–H and O–H groups in total. The fourth-order valence-electron chi connectivity index (χ4n) is 11.2. The number of rotatable bonds is 10. The Bertz CT molecular complexity index is 3050. The van der Waals surface area contributed by atoms with E-state index in [0.29, 0.717) is 75.5 Å². The van der Waals surface area contributed by atoms with E-state index in [1.165, 1.54) is 37.4 Å². The second-order valence-corrected chi connectivity index (χ2v) is 23.7. The fraction of sp³-hybridized carbons (Fsp3) is 0.574. The second kappa shape index (κ2) is 21.4. The van der Waals surface area contributed by atoms with Crippen LogP contribution in [-0.2, 0) is 52.8 Å². The van der Waals surface area contributed by atoms with Crippen LogP contribution >= 0.6 is 24.0 Å². The summed E-state index contributed by atoms with van der Waals surface area (Å²) in [4.78, 5) is 86.6. The van der Waals surface area contributed by atoms with Crippen molar-refractivity contribution in [3.63, 3.8) is 0 Å². The van der Waals surface area contributed by atoms with Crippen molar-refractivity contribution in [3.05, 3.63) is 58.9 Å². The van der Waals surface area contributed by atoms with Crippen LogP contribution in [0.3, 0.4) is 0 Å². The maximum atomic E-state index is 15.1. The summed E-state index contributed by atoms with van der Waals surface area (Å²) in [5.74, 6) is 2.98. The standard InChI is InChI=1S/C54H65BF3N9O7S2/c1-32(2)44(62(7)47(69)34-17-23-63(27-34)42(68)16-18-52(5,6)64-20-11-21-64)48(70)67-53(55-67)25-35-29-76-46(60-35)33-14-15-40-37(24-33)38(26-51(3,4)31-74-49(71)39-13-10-22-66(61-39)50(53)72)45(65(40)30-54(56,57)58)36-12-9-19-59-43(36)41(28-75)73-8/h9,12,14-15,19,24,29,32,34,39,41,44,61H,10-11,13,17,20-23,25-28,30-31H2,1-8H3/p+1/t34-,39-,41-,44-,53-/m0/s1. The third kappa shape index (κ3) is 11.0. The number of hydrogen-bond acceptors (Lipinski definition) is 13. The average molecular weight is 1090 g/mol. The van der Waals surface area contributed by atoms with Crippen LogP contribution in [-0.4, -0.2) is 164 Å². The van der Waals surface area contributed by atoms with E-state index >= 15 is 9.59 Å². The number of alkyl halides is 3. The van der Waals surface area contributed by atoms with Crippen molar-refractivity contribution in [2.24, 2.45) is 17.3 Å². The Labute approximate surface area is 451 Å². The number of nitrogens with one attached hydrogen (secondary N) is 1. The van der Waals surface area contributed by atoms with Gasteiger partial charge in [-0.25, -0.2) is 0 Å². The number of likely N-dealkylation sites (N-methyl/N-ethyl adjacent to an activating group) is 1. The van der Waals surface area contributed by atoms with E-state index in [4.69, 9.17) is 14.5 Å². The van der Waals surface area contributed by atoms with Crippen molar-refractivity contribution in [3.8, 4) is 33.7 Å². The van der Waals surface area contributed by atoms with E-state index in [-0.39, 0.29) is 50.1 Å². The van der Waals surface area contributed by atoms with Crippen LogP contribution in [0.4, 0.5) is 13.2 Å². The van der Waals surface area contributed by atoms with Crippen molar-refractivity contribution in [1.82, 2.24) is 39.7 Å². The molecule has 6 bridgehead atoms. The molecule has 3 saturated heterocycles. The van der Waals surface area contributed by atoms with Crippen molar-refractivity contribution in [1.29, 1.82) is 0 Å². The molecular weight excluding hydrogens is 1020 g/mol. The van der Waals surface area contributed by atoms with Gasteiger partial charge in [-0.3, -0.25) is 9.88 Å². The third-order valence-corrected chi connectivity index (χ3v) is 16.8. The SMILES string of the molecule is CO[C@@H](CS)c1ncccc1-c1c2c3cc(ccc3n1CC(F)(F)F)-c1nc(cs1)C[C@@]1(B=[N+]1C(=O)[C@H](C(C)C)N(C)C(=O)[C@H]1CCN(C(=O)C#CC(C)(C)N3CCC3)C1)C(=O)N1CCC[C@H](N1)C(=O)OCC(C)(C)C2. The Morgan fingerprint density at radius 3 is 2.54 bits per heavy atom. The van der Waals surface area contributed by atoms with Gasteiger partial charge in [-0.15, -0.1) is 0 Å². The zero-order valence-electron chi connectivity index (χ0n) is 44.3. The van der Waals surface area contributed by atoms with E-state index in [1.54, 1.807) is 54.9 Å². The number of hydrogen-bond donors (Lipinski definition) is 2. The first-order valence-corrected chi connectivity index (χ1v) is 27.5. The number of amides is 4. The normalized spacial score (nSPS) is 22.7. The van der Waals surface area contributed by atoms with Crippen molar-refractivity contribution >= 4 is 71.5 Å². The number of hydrazine groups is 1. The number of fused-ring (bicyclic) bond motifs is 6. The molecule has 0 aliphatic carbocycles. The van der Waals surface area contributed by atoms with Gasteiger partial charge in [-0.2, -0.15) is 25.8 Å². The van der Waals surface area contributed by atoms with Crippen LogP contribution < -0.4 is 5.43 Å². The molecule has 404 valence electrons. The number of esters is 1. The summed E-state index contributed by atoms with van der Waals surface area (Å²) in [6.45, 7) is 12.6. The number of cyclic esters (lactones) is 1. The molecule has 0 radical (unpaired) electrons. The fourth-order valence-corrected chi connectivity index (χ4v) is 12.4. The van der Waals surface area contributed by atoms with Crippen LogP contribution in [0, 0.1) is 29.1 Å². The van der Waals surface area contributed by atoms with Gasteiger partial charge in [-0.1, -0.05) is 0 Å². The molecule has 0 saturated carbocycles. The molecule has 76 heavy (non-hydrogen) atoms.